The third kappa shape index (κ3) is 2.25. The lowest BCUT2D eigenvalue weighted by Crippen LogP contribution is -2.03. The van der Waals surface area contributed by atoms with Crippen molar-refractivity contribution in [3.05, 3.63) is 47.1 Å². The molecule has 96 valence electrons. The summed E-state index contributed by atoms with van der Waals surface area (Å²) in [5.41, 5.74) is 9.12. The van der Waals surface area contributed by atoms with Gasteiger partial charge in [-0.2, -0.15) is 0 Å². The Morgan fingerprint density at radius 2 is 2.11 bits per heavy atom. The lowest BCUT2D eigenvalue weighted by molar-refractivity contribution is 0.825. The quantitative estimate of drug-likeness (QED) is 0.772. The van der Waals surface area contributed by atoms with Gasteiger partial charge >= 0.3 is 0 Å². The maximum absolute atomic E-state index is 5.96. The summed E-state index contributed by atoms with van der Waals surface area (Å²) in [6.45, 7) is 4.01. The van der Waals surface area contributed by atoms with Crippen LogP contribution < -0.4 is 5.73 Å². The van der Waals surface area contributed by atoms with E-state index in [0.717, 1.165) is 32.0 Å². The van der Waals surface area contributed by atoms with Crippen molar-refractivity contribution in [2.75, 3.05) is 0 Å². The maximum atomic E-state index is 5.96. The Labute approximate surface area is 116 Å². The zero-order valence-corrected chi connectivity index (χ0v) is 11.7. The summed E-state index contributed by atoms with van der Waals surface area (Å²) in [4.78, 5) is 10.1. The molecule has 1 atom stereocenters. The van der Waals surface area contributed by atoms with Crippen LogP contribution in [-0.4, -0.2) is 9.97 Å². The number of fused-ring (bicyclic) bond motifs is 1. The van der Waals surface area contributed by atoms with E-state index in [1.165, 1.54) is 0 Å². The molecule has 4 heteroatoms. The molecule has 0 fully saturated rings. The van der Waals surface area contributed by atoms with Crippen LogP contribution in [0.5, 0.6) is 0 Å². The van der Waals surface area contributed by atoms with E-state index in [1.807, 2.05) is 32.2 Å². The molecule has 3 aromatic rings. The van der Waals surface area contributed by atoms with Crippen molar-refractivity contribution in [1.29, 1.82) is 0 Å². The Hall–Kier alpha value is -1.78. The molecule has 2 aromatic heterocycles. The first-order valence-corrected chi connectivity index (χ1v) is 7.05. The summed E-state index contributed by atoms with van der Waals surface area (Å²) in [5.74, 6) is 0. The first-order valence-electron chi connectivity index (χ1n) is 6.23. The van der Waals surface area contributed by atoms with Crippen molar-refractivity contribution >= 4 is 22.2 Å². The average Bonchev–Trinajstić information content (AvgIpc) is 2.80. The molecule has 0 amide bonds. The van der Waals surface area contributed by atoms with Gasteiger partial charge in [-0.25, -0.2) is 4.98 Å². The van der Waals surface area contributed by atoms with Gasteiger partial charge in [0.05, 0.1) is 11.2 Å². The molecule has 2 N–H and O–H groups in total. The number of aryl methyl sites for hydroxylation is 1. The van der Waals surface area contributed by atoms with Gasteiger partial charge in [0.1, 0.15) is 5.01 Å². The smallest absolute Gasteiger partial charge is 0.123 e. The van der Waals surface area contributed by atoms with Crippen LogP contribution in [0.1, 0.15) is 23.5 Å². The van der Waals surface area contributed by atoms with Crippen LogP contribution in [0.4, 0.5) is 0 Å². The monoisotopic (exact) mass is 269 g/mol. The van der Waals surface area contributed by atoms with Crippen LogP contribution in [0.25, 0.3) is 21.5 Å². The summed E-state index contributed by atoms with van der Waals surface area (Å²) >= 11 is 1.67. The number of rotatable bonds is 2. The van der Waals surface area contributed by atoms with Crippen LogP contribution in [-0.2, 0) is 0 Å². The predicted octanol–water partition coefficient (Wildman–Crippen LogP) is 3.69. The summed E-state index contributed by atoms with van der Waals surface area (Å²) in [5, 5.41) is 2.16. The van der Waals surface area contributed by atoms with Crippen molar-refractivity contribution < 1.29 is 0 Å². The summed E-state index contributed by atoms with van der Waals surface area (Å²) in [6.07, 6.45) is 1.81. The van der Waals surface area contributed by atoms with E-state index in [-0.39, 0.29) is 6.04 Å². The molecular weight excluding hydrogens is 254 g/mol. The van der Waals surface area contributed by atoms with E-state index in [1.54, 1.807) is 11.3 Å². The molecule has 1 unspecified atom stereocenters. The number of nitrogens with zero attached hydrogens (tertiary/aromatic N) is 2. The Balaban J connectivity index is 2.11. The fraction of sp³-hybridized carbons (Fsp3) is 0.200. The molecule has 0 aliphatic heterocycles. The zero-order valence-electron chi connectivity index (χ0n) is 10.9. The normalized spacial score (nSPS) is 12.8. The Morgan fingerprint density at radius 1 is 1.26 bits per heavy atom. The second kappa shape index (κ2) is 4.72. The standard InChI is InChI=1S/C15H15N3S/c1-9(16)14-10(2)18-15(19-14)12-5-6-13-11(8-12)4-3-7-17-13/h3-9H,16H2,1-2H3. The summed E-state index contributed by atoms with van der Waals surface area (Å²) in [7, 11) is 0. The molecule has 3 nitrogen and oxygen atoms in total. The lowest BCUT2D eigenvalue weighted by atomic mass is 10.1. The molecule has 3 rings (SSSR count). The molecule has 0 aliphatic rings. The first-order chi connectivity index (χ1) is 9.15. The minimum Gasteiger partial charge on any atom is -0.323 e. The van der Waals surface area contributed by atoms with Crippen molar-refractivity contribution in [2.24, 2.45) is 5.73 Å². The third-order valence-corrected chi connectivity index (χ3v) is 4.50. The first kappa shape index (κ1) is 12.3. The van der Waals surface area contributed by atoms with Crippen LogP contribution >= 0.6 is 11.3 Å². The minimum atomic E-state index is 0.0355. The highest BCUT2D eigenvalue weighted by atomic mass is 32.1. The van der Waals surface area contributed by atoms with E-state index in [0.29, 0.717) is 0 Å². The molecule has 0 saturated carbocycles. The largest absolute Gasteiger partial charge is 0.323 e. The van der Waals surface area contributed by atoms with E-state index < -0.39 is 0 Å². The Bertz CT molecular complexity index is 731. The van der Waals surface area contributed by atoms with Gasteiger partial charge < -0.3 is 5.73 Å². The SMILES string of the molecule is Cc1nc(-c2ccc3ncccc3c2)sc1C(C)N. The molecular formula is C15H15N3S. The fourth-order valence-electron chi connectivity index (χ4n) is 2.16. The predicted molar refractivity (Wildman–Crippen MR) is 80.2 cm³/mol. The highest BCUT2D eigenvalue weighted by molar-refractivity contribution is 7.15. The van der Waals surface area contributed by atoms with Crippen molar-refractivity contribution in [2.45, 2.75) is 19.9 Å². The minimum absolute atomic E-state index is 0.0355. The highest BCUT2D eigenvalue weighted by Crippen LogP contribution is 2.32. The molecule has 0 radical (unpaired) electrons. The van der Waals surface area contributed by atoms with Gasteiger partial charge in [0.25, 0.3) is 0 Å². The van der Waals surface area contributed by atoms with Crippen molar-refractivity contribution in [3.63, 3.8) is 0 Å². The third-order valence-electron chi connectivity index (χ3n) is 3.10. The molecule has 19 heavy (non-hydrogen) atoms. The lowest BCUT2D eigenvalue weighted by Gasteiger charge is -2.00. The molecule has 1 aromatic carbocycles. The molecule has 0 aliphatic carbocycles. The number of benzene rings is 1. The number of pyridine rings is 1. The zero-order chi connectivity index (χ0) is 13.4. The van der Waals surface area contributed by atoms with Crippen LogP contribution in [0, 0.1) is 6.92 Å². The van der Waals surface area contributed by atoms with Gasteiger partial charge in [-0.1, -0.05) is 6.07 Å². The van der Waals surface area contributed by atoms with Crippen molar-refractivity contribution in [1.82, 2.24) is 9.97 Å². The van der Waals surface area contributed by atoms with E-state index in [9.17, 15) is 0 Å². The van der Waals surface area contributed by atoms with Crippen LogP contribution in [0.2, 0.25) is 0 Å². The highest BCUT2D eigenvalue weighted by Gasteiger charge is 2.12. The Morgan fingerprint density at radius 3 is 2.84 bits per heavy atom. The number of nitrogens with two attached hydrogens (primary N) is 1. The van der Waals surface area contributed by atoms with Crippen LogP contribution in [0.15, 0.2) is 36.5 Å². The van der Waals surface area contributed by atoms with Gasteiger partial charge in [0.2, 0.25) is 0 Å². The van der Waals surface area contributed by atoms with E-state index >= 15 is 0 Å². The van der Waals surface area contributed by atoms with Crippen LogP contribution in [0.3, 0.4) is 0 Å². The van der Waals surface area contributed by atoms with Gasteiger partial charge in [-0.3, -0.25) is 4.98 Å². The van der Waals surface area contributed by atoms with Crippen molar-refractivity contribution in [3.8, 4) is 10.6 Å². The number of aromatic nitrogens is 2. The maximum Gasteiger partial charge on any atom is 0.123 e. The molecule has 2 heterocycles. The number of hydrogen-bond acceptors (Lipinski definition) is 4. The topological polar surface area (TPSA) is 51.8 Å². The van der Waals surface area contributed by atoms with E-state index in [2.05, 4.69) is 28.2 Å². The Kier molecular flexibility index (Phi) is 3.05. The van der Waals surface area contributed by atoms with Gasteiger partial charge in [-0.15, -0.1) is 11.3 Å². The average molecular weight is 269 g/mol. The second-order valence-electron chi connectivity index (χ2n) is 4.67. The number of thiazole rings is 1. The second-order valence-corrected chi connectivity index (χ2v) is 5.70. The number of hydrogen-bond donors (Lipinski definition) is 1. The fourth-order valence-corrected chi connectivity index (χ4v) is 3.18. The van der Waals surface area contributed by atoms with Gasteiger partial charge in [0, 0.05) is 28.1 Å². The van der Waals surface area contributed by atoms with Gasteiger partial charge in [-0.05, 0) is 38.1 Å². The molecule has 0 saturated heterocycles. The van der Waals surface area contributed by atoms with Gasteiger partial charge in [0.15, 0.2) is 0 Å². The molecule has 0 spiro atoms. The molecule has 0 bridgehead atoms. The summed E-state index contributed by atoms with van der Waals surface area (Å²) < 4.78 is 0. The summed E-state index contributed by atoms with van der Waals surface area (Å²) in [6, 6.07) is 10.3. The van der Waals surface area contributed by atoms with E-state index in [4.69, 9.17) is 5.73 Å².